The quantitative estimate of drug-likeness (QED) is 0.838. The Kier molecular flexibility index (Phi) is 6.00. The number of ether oxygens (including phenoxy) is 1. The predicted molar refractivity (Wildman–Crippen MR) is 77.4 cm³/mol. The van der Waals surface area contributed by atoms with Crippen LogP contribution in [0.4, 0.5) is 5.69 Å². The van der Waals surface area contributed by atoms with Crippen molar-refractivity contribution >= 4 is 21.6 Å². The summed E-state index contributed by atoms with van der Waals surface area (Å²) >= 11 is 3.57. The average Bonchev–Trinajstić information content (AvgIpc) is 2.32. The van der Waals surface area contributed by atoms with Crippen molar-refractivity contribution in [2.24, 2.45) is 5.92 Å². The summed E-state index contributed by atoms with van der Waals surface area (Å²) in [4.78, 5) is 0. The number of methoxy groups -OCH3 is 1. The molecule has 1 N–H and O–H groups in total. The first kappa shape index (κ1) is 14.5. The van der Waals surface area contributed by atoms with Gasteiger partial charge in [0, 0.05) is 28.9 Å². The summed E-state index contributed by atoms with van der Waals surface area (Å²) in [7, 11) is 1.72. The van der Waals surface area contributed by atoms with Gasteiger partial charge < -0.3 is 10.1 Å². The maximum Gasteiger partial charge on any atom is 0.0744 e. The molecule has 0 amide bonds. The van der Waals surface area contributed by atoms with E-state index in [-0.39, 0.29) is 0 Å². The second-order valence-electron chi connectivity index (χ2n) is 4.52. The fraction of sp³-hybridized carbons (Fsp3) is 0.571. The first-order valence-electron chi connectivity index (χ1n) is 6.13. The fourth-order valence-electron chi connectivity index (χ4n) is 1.73. The number of benzene rings is 1. The molecule has 0 fully saturated rings. The molecule has 0 bridgehead atoms. The summed E-state index contributed by atoms with van der Waals surface area (Å²) < 4.78 is 6.35. The van der Waals surface area contributed by atoms with E-state index in [0.29, 0.717) is 18.6 Å². The van der Waals surface area contributed by atoms with E-state index in [1.54, 1.807) is 7.11 Å². The third-order valence-corrected chi connectivity index (χ3v) is 4.03. The van der Waals surface area contributed by atoms with Crippen molar-refractivity contribution < 1.29 is 4.74 Å². The molecular weight excluding hydrogens is 278 g/mol. The zero-order valence-corrected chi connectivity index (χ0v) is 12.7. The van der Waals surface area contributed by atoms with Crippen molar-refractivity contribution in [1.82, 2.24) is 0 Å². The van der Waals surface area contributed by atoms with E-state index in [1.165, 1.54) is 12.0 Å². The Morgan fingerprint density at radius 3 is 2.65 bits per heavy atom. The Hall–Kier alpha value is -0.540. The summed E-state index contributed by atoms with van der Waals surface area (Å²) in [6.07, 6.45) is 1.18. The number of rotatable bonds is 6. The molecule has 0 spiro atoms. The molecule has 17 heavy (non-hydrogen) atoms. The Morgan fingerprint density at radius 2 is 2.06 bits per heavy atom. The van der Waals surface area contributed by atoms with Crippen molar-refractivity contribution in [2.45, 2.75) is 39.8 Å². The number of halogens is 1. The summed E-state index contributed by atoms with van der Waals surface area (Å²) in [5.41, 5.74) is 2.35. The third kappa shape index (κ3) is 4.00. The van der Waals surface area contributed by atoms with Gasteiger partial charge in [0.1, 0.15) is 0 Å². The van der Waals surface area contributed by atoms with Crippen LogP contribution in [0.25, 0.3) is 0 Å². The van der Waals surface area contributed by atoms with Gasteiger partial charge in [-0.25, -0.2) is 0 Å². The highest BCUT2D eigenvalue weighted by molar-refractivity contribution is 9.10. The number of hydrogen-bond donors (Lipinski definition) is 1. The highest BCUT2D eigenvalue weighted by atomic mass is 79.9. The second-order valence-corrected chi connectivity index (χ2v) is 5.37. The summed E-state index contributed by atoms with van der Waals surface area (Å²) in [5.74, 6) is 0.657. The maximum atomic E-state index is 5.25. The molecule has 0 aliphatic rings. The first-order valence-corrected chi connectivity index (χ1v) is 6.92. The standard InChI is InChI=1S/C14H22BrNO/c1-5-10(2)11(3)16-14-8-6-7-13(15)12(14)9-17-4/h6-8,10-11,16H,5,9H2,1-4H3. The molecule has 2 atom stereocenters. The maximum absolute atomic E-state index is 5.25. The minimum absolute atomic E-state index is 0.463. The topological polar surface area (TPSA) is 21.3 Å². The molecule has 0 radical (unpaired) electrons. The average molecular weight is 300 g/mol. The van der Waals surface area contributed by atoms with E-state index < -0.39 is 0 Å². The van der Waals surface area contributed by atoms with Gasteiger partial charge in [0.2, 0.25) is 0 Å². The predicted octanol–water partition coefficient (Wildman–Crippen LogP) is 4.44. The fourth-order valence-corrected chi connectivity index (χ4v) is 2.21. The smallest absolute Gasteiger partial charge is 0.0744 e. The molecule has 96 valence electrons. The largest absolute Gasteiger partial charge is 0.382 e. The molecule has 1 rings (SSSR count). The van der Waals surface area contributed by atoms with Crippen LogP contribution in [0.1, 0.15) is 32.8 Å². The number of nitrogens with one attached hydrogen (secondary N) is 1. The van der Waals surface area contributed by atoms with Crippen molar-refractivity contribution in [3.8, 4) is 0 Å². The van der Waals surface area contributed by atoms with Gasteiger partial charge in [-0.1, -0.05) is 42.3 Å². The van der Waals surface area contributed by atoms with Crippen LogP contribution >= 0.6 is 15.9 Å². The molecule has 2 nitrogen and oxygen atoms in total. The van der Waals surface area contributed by atoms with Crippen molar-refractivity contribution in [3.63, 3.8) is 0 Å². The monoisotopic (exact) mass is 299 g/mol. The van der Waals surface area contributed by atoms with E-state index in [4.69, 9.17) is 4.74 Å². The zero-order valence-electron chi connectivity index (χ0n) is 11.1. The third-order valence-electron chi connectivity index (χ3n) is 3.29. The lowest BCUT2D eigenvalue weighted by atomic mass is 10.00. The molecule has 2 unspecified atom stereocenters. The zero-order chi connectivity index (χ0) is 12.8. The molecular formula is C14H22BrNO. The van der Waals surface area contributed by atoms with Gasteiger partial charge in [-0.05, 0) is 25.0 Å². The van der Waals surface area contributed by atoms with Gasteiger partial charge in [0.05, 0.1) is 6.61 Å². The molecule has 0 saturated carbocycles. The Bertz CT molecular complexity index is 354. The molecule has 0 saturated heterocycles. The molecule has 0 heterocycles. The Morgan fingerprint density at radius 1 is 1.35 bits per heavy atom. The summed E-state index contributed by atoms with van der Waals surface area (Å²) in [6, 6.07) is 6.67. The van der Waals surface area contributed by atoms with E-state index in [0.717, 1.165) is 10.2 Å². The second kappa shape index (κ2) is 7.02. The lowest BCUT2D eigenvalue weighted by Gasteiger charge is -2.23. The van der Waals surface area contributed by atoms with Gasteiger partial charge in [0.15, 0.2) is 0 Å². The van der Waals surface area contributed by atoms with Crippen LogP contribution in [-0.4, -0.2) is 13.2 Å². The van der Waals surface area contributed by atoms with Crippen LogP contribution in [0.5, 0.6) is 0 Å². The van der Waals surface area contributed by atoms with Crippen molar-refractivity contribution in [2.75, 3.05) is 12.4 Å². The lowest BCUT2D eigenvalue weighted by Crippen LogP contribution is -2.24. The van der Waals surface area contributed by atoms with E-state index in [9.17, 15) is 0 Å². The van der Waals surface area contributed by atoms with E-state index >= 15 is 0 Å². The Balaban J connectivity index is 2.86. The summed E-state index contributed by atoms with van der Waals surface area (Å²) in [6.45, 7) is 7.34. The van der Waals surface area contributed by atoms with Gasteiger partial charge in [-0.3, -0.25) is 0 Å². The number of hydrogen-bond acceptors (Lipinski definition) is 2. The highest BCUT2D eigenvalue weighted by Crippen LogP contribution is 2.27. The van der Waals surface area contributed by atoms with Gasteiger partial charge in [-0.2, -0.15) is 0 Å². The Labute approximate surface area is 113 Å². The van der Waals surface area contributed by atoms with Crippen LogP contribution < -0.4 is 5.32 Å². The molecule has 0 aromatic heterocycles. The lowest BCUT2D eigenvalue weighted by molar-refractivity contribution is 0.185. The molecule has 1 aromatic carbocycles. The minimum Gasteiger partial charge on any atom is -0.382 e. The minimum atomic E-state index is 0.463. The van der Waals surface area contributed by atoms with Crippen LogP contribution in [0.2, 0.25) is 0 Å². The SMILES string of the molecule is CCC(C)C(C)Nc1cccc(Br)c1COC. The van der Waals surface area contributed by atoms with Crippen LogP contribution in [-0.2, 0) is 11.3 Å². The molecule has 0 aliphatic heterocycles. The van der Waals surface area contributed by atoms with E-state index in [2.05, 4.69) is 54.2 Å². The number of anilines is 1. The first-order chi connectivity index (χ1) is 8.10. The molecule has 0 aliphatic carbocycles. The highest BCUT2D eigenvalue weighted by Gasteiger charge is 2.13. The van der Waals surface area contributed by atoms with Crippen molar-refractivity contribution in [1.29, 1.82) is 0 Å². The van der Waals surface area contributed by atoms with Gasteiger partial charge in [0.25, 0.3) is 0 Å². The van der Waals surface area contributed by atoms with Gasteiger partial charge in [-0.15, -0.1) is 0 Å². The van der Waals surface area contributed by atoms with Crippen molar-refractivity contribution in [3.05, 3.63) is 28.2 Å². The van der Waals surface area contributed by atoms with Crippen LogP contribution in [0.15, 0.2) is 22.7 Å². The summed E-state index contributed by atoms with van der Waals surface area (Å²) in [5, 5.41) is 3.58. The van der Waals surface area contributed by atoms with Gasteiger partial charge >= 0.3 is 0 Å². The molecule has 3 heteroatoms. The normalized spacial score (nSPS) is 14.4. The van der Waals surface area contributed by atoms with Crippen LogP contribution in [0, 0.1) is 5.92 Å². The van der Waals surface area contributed by atoms with E-state index in [1.807, 2.05) is 6.07 Å². The molecule has 1 aromatic rings. The van der Waals surface area contributed by atoms with Crippen LogP contribution in [0.3, 0.4) is 0 Å².